The van der Waals surface area contributed by atoms with Crippen molar-refractivity contribution >= 4 is 28.5 Å². The smallest absolute Gasteiger partial charge is 0.291 e. The van der Waals surface area contributed by atoms with Gasteiger partial charge in [-0.3, -0.25) is 14.6 Å². The highest BCUT2D eigenvalue weighted by Crippen LogP contribution is 2.39. The highest BCUT2D eigenvalue weighted by atomic mass is 35.5. The summed E-state index contributed by atoms with van der Waals surface area (Å²) in [6.07, 6.45) is 3.40. The molecule has 2 aromatic carbocycles. The van der Waals surface area contributed by atoms with E-state index >= 15 is 0 Å². The van der Waals surface area contributed by atoms with Crippen LogP contribution in [0.4, 0.5) is 0 Å². The molecule has 0 bridgehead atoms. The van der Waals surface area contributed by atoms with Gasteiger partial charge in [0.1, 0.15) is 5.58 Å². The first-order valence-corrected chi connectivity index (χ1v) is 10.3. The molecule has 0 aliphatic carbocycles. The SMILES string of the molecule is Cc1cc(C)c2c(=O)c3c(oc2c1)C(=O)N(Cc1cccnc1)C3c1ccc(Cl)cc1. The predicted octanol–water partition coefficient (Wildman–Crippen LogP) is 5.20. The topological polar surface area (TPSA) is 63.4 Å². The Kier molecular flexibility index (Phi) is 4.63. The largest absolute Gasteiger partial charge is 0.450 e. The van der Waals surface area contributed by atoms with Crippen LogP contribution in [0.5, 0.6) is 0 Å². The first-order valence-electron chi connectivity index (χ1n) is 9.97. The minimum atomic E-state index is -0.568. The van der Waals surface area contributed by atoms with E-state index in [0.29, 0.717) is 28.1 Å². The third-order valence-corrected chi connectivity index (χ3v) is 5.93. The zero-order chi connectivity index (χ0) is 21.7. The van der Waals surface area contributed by atoms with Crippen molar-refractivity contribution in [3.63, 3.8) is 0 Å². The fourth-order valence-electron chi connectivity index (χ4n) is 4.36. The standard InChI is InChI=1S/C25H19ClN2O3/c1-14-10-15(2)20-19(11-14)31-24-21(23(20)29)22(17-5-7-18(26)8-6-17)28(25(24)30)13-16-4-3-9-27-12-16/h3-12,22H,13H2,1-2H3. The van der Waals surface area contributed by atoms with Crippen molar-refractivity contribution in [3.05, 3.63) is 110 Å². The number of pyridine rings is 1. The minimum absolute atomic E-state index is 0.103. The Hall–Kier alpha value is -3.44. The molecular weight excluding hydrogens is 412 g/mol. The van der Waals surface area contributed by atoms with Crippen molar-refractivity contribution in [1.82, 2.24) is 9.88 Å². The average Bonchev–Trinajstić information content (AvgIpc) is 3.01. The number of benzene rings is 2. The first-order chi connectivity index (χ1) is 14.9. The van der Waals surface area contributed by atoms with Gasteiger partial charge in [-0.25, -0.2) is 0 Å². The molecule has 0 saturated heterocycles. The van der Waals surface area contributed by atoms with Crippen molar-refractivity contribution in [1.29, 1.82) is 0 Å². The summed E-state index contributed by atoms with van der Waals surface area (Å²) in [5.41, 5.74) is 4.11. The van der Waals surface area contributed by atoms with Gasteiger partial charge >= 0.3 is 0 Å². The molecule has 4 aromatic rings. The third-order valence-electron chi connectivity index (χ3n) is 5.67. The van der Waals surface area contributed by atoms with Crippen LogP contribution in [0.1, 0.15) is 44.4 Å². The molecule has 6 heteroatoms. The minimum Gasteiger partial charge on any atom is -0.450 e. The van der Waals surface area contributed by atoms with E-state index in [2.05, 4.69) is 4.98 Å². The number of aromatic nitrogens is 1. The van der Waals surface area contributed by atoms with E-state index in [4.69, 9.17) is 16.0 Å². The molecular formula is C25H19ClN2O3. The molecule has 0 radical (unpaired) electrons. The van der Waals surface area contributed by atoms with Gasteiger partial charge < -0.3 is 9.32 Å². The van der Waals surface area contributed by atoms with Crippen LogP contribution in [0.3, 0.4) is 0 Å². The normalized spacial score (nSPS) is 15.5. The number of amides is 1. The van der Waals surface area contributed by atoms with E-state index in [1.165, 1.54) is 0 Å². The van der Waals surface area contributed by atoms with Crippen LogP contribution in [0, 0.1) is 13.8 Å². The van der Waals surface area contributed by atoms with Gasteiger partial charge in [-0.2, -0.15) is 0 Å². The zero-order valence-electron chi connectivity index (χ0n) is 17.1. The van der Waals surface area contributed by atoms with Gasteiger partial charge in [-0.1, -0.05) is 35.9 Å². The lowest BCUT2D eigenvalue weighted by molar-refractivity contribution is 0.0714. The Morgan fingerprint density at radius 2 is 1.87 bits per heavy atom. The molecule has 3 heterocycles. The lowest BCUT2D eigenvalue weighted by Crippen LogP contribution is -2.29. The fraction of sp³-hybridized carbons (Fsp3) is 0.160. The second-order valence-electron chi connectivity index (χ2n) is 7.88. The maximum absolute atomic E-state index is 13.7. The van der Waals surface area contributed by atoms with E-state index in [0.717, 1.165) is 22.3 Å². The predicted molar refractivity (Wildman–Crippen MR) is 119 cm³/mol. The van der Waals surface area contributed by atoms with Crippen molar-refractivity contribution in [2.45, 2.75) is 26.4 Å². The van der Waals surface area contributed by atoms with Crippen LogP contribution >= 0.6 is 11.6 Å². The molecule has 0 fully saturated rings. The lowest BCUT2D eigenvalue weighted by atomic mass is 9.97. The van der Waals surface area contributed by atoms with Gasteiger partial charge in [-0.05, 0) is 60.4 Å². The molecule has 1 amide bonds. The maximum atomic E-state index is 13.7. The Bertz CT molecular complexity index is 1380. The van der Waals surface area contributed by atoms with E-state index in [1.54, 1.807) is 35.5 Å². The fourth-order valence-corrected chi connectivity index (χ4v) is 4.48. The summed E-state index contributed by atoms with van der Waals surface area (Å²) >= 11 is 6.09. The van der Waals surface area contributed by atoms with E-state index < -0.39 is 6.04 Å². The first kappa shape index (κ1) is 19.5. The number of carbonyl (C=O) groups is 1. The van der Waals surface area contributed by atoms with Crippen molar-refractivity contribution in [2.24, 2.45) is 0 Å². The number of rotatable bonds is 3. The molecule has 0 saturated carbocycles. The van der Waals surface area contributed by atoms with Crippen LogP contribution in [-0.2, 0) is 6.54 Å². The number of hydrogen-bond acceptors (Lipinski definition) is 4. The number of hydrogen-bond donors (Lipinski definition) is 0. The van der Waals surface area contributed by atoms with Crippen molar-refractivity contribution in [3.8, 4) is 0 Å². The van der Waals surface area contributed by atoms with Crippen molar-refractivity contribution in [2.75, 3.05) is 0 Å². The summed E-state index contributed by atoms with van der Waals surface area (Å²) in [7, 11) is 0. The Balaban J connectivity index is 1.76. The number of nitrogens with zero attached hydrogens (tertiary/aromatic N) is 2. The number of aryl methyl sites for hydroxylation is 2. The summed E-state index contributed by atoms with van der Waals surface area (Å²) in [5, 5.41) is 1.10. The second kappa shape index (κ2) is 7.36. The molecule has 0 spiro atoms. The quantitative estimate of drug-likeness (QED) is 0.448. The van der Waals surface area contributed by atoms with Gasteiger partial charge in [0.25, 0.3) is 5.91 Å². The van der Waals surface area contributed by atoms with Crippen LogP contribution in [-0.4, -0.2) is 15.8 Å². The lowest BCUT2D eigenvalue weighted by Gasteiger charge is -2.25. The Morgan fingerprint density at radius 3 is 2.58 bits per heavy atom. The summed E-state index contributed by atoms with van der Waals surface area (Å²) in [6, 6.07) is 14.1. The number of halogens is 1. The van der Waals surface area contributed by atoms with Crippen molar-refractivity contribution < 1.29 is 9.21 Å². The Labute approximate surface area is 183 Å². The zero-order valence-corrected chi connectivity index (χ0v) is 17.8. The van der Waals surface area contributed by atoms with Gasteiger partial charge in [0.05, 0.1) is 17.0 Å². The van der Waals surface area contributed by atoms with Crippen LogP contribution < -0.4 is 5.43 Å². The molecule has 1 unspecified atom stereocenters. The van der Waals surface area contributed by atoms with Crippen LogP contribution in [0.15, 0.2) is 70.1 Å². The molecule has 1 atom stereocenters. The van der Waals surface area contributed by atoms with Gasteiger partial charge in [-0.15, -0.1) is 0 Å². The monoisotopic (exact) mass is 430 g/mol. The van der Waals surface area contributed by atoms with Crippen LogP contribution in [0.25, 0.3) is 11.0 Å². The van der Waals surface area contributed by atoms with E-state index in [9.17, 15) is 9.59 Å². The highest BCUT2D eigenvalue weighted by Gasteiger charge is 2.42. The molecule has 0 N–H and O–H groups in total. The highest BCUT2D eigenvalue weighted by molar-refractivity contribution is 6.30. The summed E-state index contributed by atoms with van der Waals surface area (Å²) in [4.78, 5) is 33.0. The molecule has 5 rings (SSSR count). The summed E-state index contributed by atoms with van der Waals surface area (Å²) in [6.45, 7) is 4.13. The summed E-state index contributed by atoms with van der Waals surface area (Å²) < 4.78 is 6.07. The molecule has 1 aliphatic rings. The number of carbonyl (C=O) groups excluding carboxylic acids is 1. The summed E-state index contributed by atoms with van der Waals surface area (Å²) in [5.74, 6) is -0.205. The Morgan fingerprint density at radius 1 is 1.10 bits per heavy atom. The maximum Gasteiger partial charge on any atom is 0.291 e. The molecule has 2 aromatic heterocycles. The van der Waals surface area contributed by atoms with E-state index in [-0.39, 0.29) is 17.1 Å². The van der Waals surface area contributed by atoms with Crippen LogP contribution in [0.2, 0.25) is 5.02 Å². The molecule has 31 heavy (non-hydrogen) atoms. The molecule has 1 aliphatic heterocycles. The third kappa shape index (κ3) is 3.22. The van der Waals surface area contributed by atoms with E-state index in [1.807, 2.05) is 44.2 Å². The molecule has 5 nitrogen and oxygen atoms in total. The average molecular weight is 431 g/mol. The van der Waals surface area contributed by atoms with Gasteiger partial charge in [0.2, 0.25) is 5.76 Å². The van der Waals surface area contributed by atoms with Gasteiger partial charge in [0, 0.05) is 24.0 Å². The molecule has 154 valence electrons. The second-order valence-corrected chi connectivity index (χ2v) is 8.31. The number of fused-ring (bicyclic) bond motifs is 2. The van der Waals surface area contributed by atoms with Gasteiger partial charge in [0.15, 0.2) is 5.43 Å².